The van der Waals surface area contributed by atoms with Gasteiger partial charge >= 0.3 is 5.97 Å². The predicted molar refractivity (Wildman–Crippen MR) is 43.8 cm³/mol. The van der Waals surface area contributed by atoms with Crippen LogP contribution in [0.4, 0.5) is 0 Å². The molecule has 74 valence electrons. The number of carbonyl (C=O) groups is 2. The number of hydrogen-bond donors (Lipinski definition) is 0. The van der Waals surface area contributed by atoms with E-state index in [0.29, 0.717) is 19.9 Å². The van der Waals surface area contributed by atoms with Crippen molar-refractivity contribution in [1.29, 1.82) is 0 Å². The van der Waals surface area contributed by atoms with E-state index >= 15 is 0 Å². The highest BCUT2D eigenvalue weighted by atomic mass is 16.5. The first-order valence-corrected chi connectivity index (χ1v) is 4.16. The molecule has 0 saturated carbocycles. The molecular weight excluding hydrogens is 174 g/mol. The Bertz CT molecular complexity index is 198. The standard InChI is InChI=1S/C8H13NO4/c1-12-8(11)3-2-7(10)9-4-5-13-6-9/h2-6H2,1H3. The third-order valence-corrected chi connectivity index (χ3v) is 1.88. The van der Waals surface area contributed by atoms with Crippen LogP contribution in [-0.4, -0.2) is 43.8 Å². The van der Waals surface area contributed by atoms with E-state index in [1.807, 2.05) is 0 Å². The Labute approximate surface area is 76.6 Å². The fourth-order valence-corrected chi connectivity index (χ4v) is 1.08. The van der Waals surface area contributed by atoms with E-state index in [-0.39, 0.29) is 24.7 Å². The van der Waals surface area contributed by atoms with E-state index in [9.17, 15) is 9.59 Å². The van der Waals surface area contributed by atoms with Crippen LogP contribution in [0.15, 0.2) is 0 Å². The molecule has 0 aromatic rings. The summed E-state index contributed by atoms with van der Waals surface area (Å²) in [6, 6.07) is 0. The van der Waals surface area contributed by atoms with Crippen LogP contribution in [0, 0.1) is 0 Å². The van der Waals surface area contributed by atoms with Crippen molar-refractivity contribution >= 4 is 11.9 Å². The molecular formula is C8H13NO4. The molecule has 0 radical (unpaired) electrons. The minimum atomic E-state index is -0.353. The summed E-state index contributed by atoms with van der Waals surface area (Å²) in [6.07, 6.45) is 0.349. The number of ether oxygens (including phenoxy) is 2. The Hall–Kier alpha value is -1.10. The average molecular weight is 187 g/mol. The first-order chi connectivity index (χ1) is 6.24. The van der Waals surface area contributed by atoms with Crippen molar-refractivity contribution in [2.75, 3.05) is 27.0 Å². The number of methoxy groups -OCH3 is 1. The lowest BCUT2D eigenvalue weighted by Gasteiger charge is -2.12. The van der Waals surface area contributed by atoms with Gasteiger partial charge in [0.05, 0.1) is 20.1 Å². The van der Waals surface area contributed by atoms with Gasteiger partial charge < -0.3 is 14.4 Å². The molecule has 0 unspecified atom stereocenters. The predicted octanol–water partition coefficient (Wildman–Crippen LogP) is -0.244. The highest BCUT2D eigenvalue weighted by Gasteiger charge is 2.18. The molecule has 1 rings (SSSR count). The van der Waals surface area contributed by atoms with Gasteiger partial charge in [-0.3, -0.25) is 9.59 Å². The largest absolute Gasteiger partial charge is 0.469 e. The molecule has 1 amide bonds. The third-order valence-electron chi connectivity index (χ3n) is 1.88. The Morgan fingerprint density at radius 2 is 2.23 bits per heavy atom. The molecule has 0 N–H and O–H groups in total. The smallest absolute Gasteiger partial charge is 0.306 e. The summed E-state index contributed by atoms with van der Waals surface area (Å²) in [5, 5.41) is 0. The first-order valence-electron chi connectivity index (χ1n) is 4.16. The average Bonchev–Trinajstić information content (AvgIpc) is 2.66. The molecule has 1 fully saturated rings. The van der Waals surface area contributed by atoms with Gasteiger partial charge in [-0.05, 0) is 0 Å². The van der Waals surface area contributed by atoms with Gasteiger partial charge in [0.25, 0.3) is 0 Å². The van der Waals surface area contributed by atoms with Crippen molar-refractivity contribution in [3.63, 3.8) is 0 Å². The molecule has 1 saturated heterocycles. The van der Waals surface area contributed by atoms with Gasteiger partial charge in [0.1, 0.15) is 6.73 Å². The second-order valence-corrected chi connectivity index (χ2v) is 2.77. The maximum Gasteiger partial charge on any atom is 0.306 e. The van der Waals surface area contributed by atoms with Crippen molar-refractivity contribution in [1.82, 2.24) is 4.90 Å². The molecule has 1 aliphatic rings. The maximum absolute atomic E-state index is 11.3. The van der Waals surface area contributed by atoms with Gasteiger partial charge in [0, 0.05) is 13.0 Å². The minimum absolute atomic E-state index is 0.0529. The summed E-state index contributed by atoms with van der Waals surface area (Å²) in [5.74, 6) is -0.406. The summed E-state index contributed by atoms with van der Waals surface area (Å²) >= 11 is 0. The van der Waals surface area contributed by atoms with Crippen molar-refractivity contribution in [2.24, 2.45) is 0 Å². The van der Waals surface area contributed by atoms with Crippen molar-refractivity contribution < 1.29 is 19.1 Å². The van der Waals surface area contributed by atoms with Gasteiger partial charge in [-0.25, -0.2) is 0 Å². The van der Waals surface area contributed by atoms with Crippen molar-refractivity contribution in [3.05, 3.63) is 0 Å². The quantitative estimate of drug-likeness (QED) is 0.572. The molecule has 0 spiro atoms. The Morgan fingerprint density at radius 1 is 1.46 bits per heavy atom. The topological polar surface area (TPSA) is 55.8 Å². The van der Waals surface area contributed by atoms with Crippen LogP contribution in [0.1, 0.15) is 12.8 Å². The van der Waals surface area contributed by atoms with Gasteiger partial charge in [-0.1, -0.05) is 0 Å². The van der Waals surface area contributed by atoms with Crippen molar-refractivity contribution in [2.45, 2.75) is 12.8 Å². The maximum atomic E-state index is 11.3. The molecule has 0 aromatic carbocycles. The molecule has 0 atom stereocenters. The fourth-order valence-electron chi connectivity index (χ4n) is 1.08. The van der Waals surface area contributed by atoms with E-state index in [2.05, 4.69) is 4.74 Å². The van der Waals surface area contributed by atoms with E-state index in [0.717, 1.165) is 0 Å². The number of nitrogens with zero attached hydrogens (tertiary/aromatic N) is 1. The number of carbonyl (C=O) groups excluding carboxylic acids is 2. The highest BCUT2D eigenvalue weighted by molar-refractivity contribution is 5.81. The number of esters is 1. The summed E-state index contributed by atoms with van der Waals surface area (Å²) in [6.45, 7) is 1.56. The van der Waals surface area contributed by atoms with Crippen LogP contribution < -0.4 is 0 Å². The molecule has 5 nitrogen and oxygen atoms in total. The Morgan fingerprint density at radius 3 is 2.77 bits per heavy atom. The monoisotopic (exact) mass is 187 g/mol. The number of rotatable bonds is 3. The lowest BCUT2D eigenvalue weighted by Crippen LogP contribution is -2.28. The summed E-state index contributed by atoms with van der Waals surface area (Å²) in [4.78, 5) is 23.6. The zero-order valence-corrected chi connectivity index (χ0v) is 7.62. The summed E-state index contributed by atoms with van der Waals surface area (Å²) < 4.78 is 9.42. The van der Waals surface area contributed by atoms with Crippen LogP contribution in [0.3, 0.4) is 0 Å². The lowest BCUT2D eigenvalue weighted by molar-refractivity contribution is -0.143. The normalized spacial score (nSPS) is 15.9. The highest BCUT2D eigenvalue weighted by Crippen LogP contribution is 2.04. The SMILES string of the molecule is COC(=O)CCC(=O)N1CCOC1. The second kappa shape index (κ2) is 4.81. The van der Waals surface area contributed by atoms with Crippen LogP contribution in [0.25, 0.3) is 0 Å². The molecule has 0 bridgehead atoms. The van der Waals surface area contributed by atoms with Crippen LogP contribution in [0.2, 0.25) is 0 Å². The third kappa shape index (κ3) is 3.02. The minimum Gasteiger partial charge on any atom is -0.469 e. The zero-order chi connectivity index (χ0) is 9.68. The van der Waals surface area contributed by atoms with E-state index < -0.39 is 0 Å². The Balaban J connectivity index is 2.20. The van der Waals surface area contributed by atoms with Crippen LogP contribution in [-0.2, 0) is 19.1 Å². The summed E-state index contributed by atoms with van der Waals surface area (Å²) in [7, 11) is 1.31. The lowest BCUT2D eigenvalue weighted by atomic mass is 10.3. The first kappa shape index (κ1) is 9.98. The van der Waals surface area contributed by atoms with Gasteiger partial charge in [0.15, 0.2) is 0 Å². The number of hydrogen-bond acceptors (Lipinski definition) is 4. The molecule has 0 aromatic heterocycles. The van der Waals surface area contributed by atoms with Gasteiger partial charge in [0.2, 0.25) is 5.91 Å². The fraction of sp³-hybridized carbons (Fsp3) is 0.750. The molecule has 13 heavy (non-hydrogen) atoms. The van der Waals surface area contributed by atoms with Crippen molar-refractivity contribution in [3.8, 4) is 0 Å². The molecule has 5 heteroatoms. The van der Waals surface area contributed by atoms with E-state index in [4.69, 9.17) is 4.74 Å². The van der Waals surface area contributed by atoms with E-state index in [1.165, 1.54) is 7.11 Å². The molecule has 1 aliphatic heterocycles. The second-order valence-electron chi connectivity index (χ2n) is 2.77. The summed E-state index contributed by atoms with van der Waals surface area (Å²) in [5.41, 5.74) is 0. The van der Waals surface area contributed by atoms with Crippen LogP contribution >= 0.6 is 0 Å². The zero-order valence-electron chi connectivity index (χ0n) is 7.62. The molecule has 0 aliphatic carbocycles. The van der Waals surface area contributed by atoms with E-state index in [1.54, 1.807) is 4.90 Å². The van der Waals surface area contributed by atoms with Crippen LogP contribution in [0.5, 0.6) is 0 Å². The van der Waals surface area contributed by atoms with Gasteiger partial charge in [-0.15, -0.1) is 0 Å². The van der Waals surface area contributed by atoms with Gasteiger partial charge in [-0.2, -0.15) is 0 Å². The number of amides is 1. The Kier molecular flexibility index (Phi) is 3.70. The molecule has 1 heterocycles.